The van der Waals surface area contributed by atoms with Gasteiger partial charge in [0.05, 0.1) is 18.0 Å². The summed E-state index contributed by atoms with van der Waals surface area (Å²) < 4.78 is 37.1. The smallest absolute Gasteiger partial charge is 0.243 e. The average Bonchev–Trinajstić information content (AvgIpc) is 3.32. The Morgan fingerprint density at radius 1 is 1.09 bits per heavy atom. The number of sulfonamides is 1. The molecule has 0 radical (unpaired) electrons. The van der Waals surface area contributed by atoms with Gasteiger partial charge in [-0.3, -0.25) is 4.79 Å². The monoisotopic (exact) mass is 486 g/mol. The number of aryl methyl sites for hydroxylation is 1. The number of nitrogens with zero attached hydrogens (tertiary/aromatic N) is 3. The minimum Gasteiger partial charge on any atom is -0.497 e. The van der Waals surface area contributed by atoms with E-state index in [1.807, 2.05) is 31.2 Å². The van der Waals surface area contributed by atoms with Crippen LogP contribution in [0.3, 0.4) is 0 Å². The first-order chi connectivity index (χ1) is 16.3. The molecule has 2 aromatic carbocycles. The molecule has 0 aliphatic carbocycles. The highest BCUT2D eigenvalue weighted by Gasteiger charge is 2.22. The van der Waals surface area contributed by atoms with E-state index in [0.717, 1.165) is 16.9 Å². The van der Waals surface area contributed by atoms with Gasteiger partial charge in [-0.25, -0.2) is 8.42 Å². The molecule has 0 aliphatic rings. The van der Waals surface area contributed by atoms with E-state index in [4.69, 9.17) is 9.26 Å². The van der Waals surface area contributed by atoms with E-state index >= 15 is 0 Å². The predicted octanol–water partition coefficient (Wildman–Crippen LogP) is 3.59. The van der Waals surface area contributed by atoms with Crippen molar-refractivity contribution in [1.29, 1.82) is 0 Å². The first kappa shape index (κ1) is 25.4. The van der Waals surface area contributed by atoms with Crippen LogP contribution in [-0.4, -0.2) is 49.0 Å². The number of rotatable bonds is 11. The largest absolute Gasteiger partial charge is 0.497 e. The standard InChI is InChI=1S/C24H30N4O5S/c1-5-28(6-2)34(30,31)21-13-9-18(10-14-21)17(3)25-22(29)15-16-23-26-24(27-33-23)19-7-11-20(32-4)12-8-19/h7-14,17H,5-6,15-16H2,1-4H3,(H,25,29). The van der Waals surface area contributed by atoms with Crippen molar-refractivity contribution >= 4 is 15.9 Å². The van der Waals surface area contributed by atoms with Crippen LogP contribution in [0.1, 0.15) is 44.7 Å². The summed E-state index contributed by atoms with van der Waals surface area (Å²) in [4.78, 5) is 17.0. The topological polar surface area (TPSA) is 115 Å². The molecule has 1 N–H and O–H groups in total. The lowest BCUT2D eigenvalue weighted by Crippen LogP contribution is -2.30. The minimum atomic E-state index is -3.51. The second-order valence-corrected chi connectivity index (χ2v) is 9.63. The van der Waals surface area contributed by atoms with Crippen molar-refractivity contribution in [2.75, 3.05) is 20.2 Å². The third-order valence-corrected chi connectivity index (χ3v) is 7.55. The van der Waals surface area contributed by atoms with Gasteiger partial charge in [-0.05, 0) is 48.9 Å². The highest BCUT2D eigenvalue weighted by Crippen LogP contribution is 2.21. The molecule has 3 aromatic rings. The normalized spacial score (nSPS) is 12.5. The number of benzene rings is 2. The van der Waals surface area contributed by atoms with E-state index in [1.165, 1.54) is 4.31 Å². The molecule has 0 spiro atoms. The zero-order chi connectivity index (χ0) is 24.7. The van der Waals surface area contributed by atoms with Gasteiger partial charge >= 0.3 is 0 Å². The van der Waals surface area contributed by atoms with Crippen molar-refractivity contribution in [1.82, 2.24) is 19.8 Å². The Morgan fingerprint density at radius 3 is 2.32 bits per heavy atom. The quantitative estimate of drug-likeness (QED) is 0.440. The fourth-order valence-corrected chi connectivity index (χ4v) is 4.93. The molecule has 0 aliphatic heterocycles. The highest BCUT2D eigenvalue weighted by molar-refractivity contribution is 7.89. The molecular weight excluding hydrogens is 456 g/mol. The zero-order valence-corrected chi connectivity index (χ0v) is 20.6. The molecule has 0 bridgehead atoms. The van der Waals surface area contributed by atoms with Gasteiger partial charge in [-0.15, -0.1) is 0 Å². The molecule has 1 atom stereocenters. The van der Waals surface area contributed by atoms with Crippen LogP contribution < -0.4 is 10.1 Å². The molecule has 1 heterocycles. The summed E-state index contributed by atoms with van der Waals surface area (Å²) in [7, 11) is -1.91. The van der Waals surface area contributed by atoms with Crippen LogP contribution in [-0.2, 0) is 21.2 Å². The lowest BCUT2D eigenvalue weighted by atomic mass is 10.1. The van der Waals surface area contributed by atoms with Crippen LogP contribution in [0.4, 0.5) is 0 Å². The predicted molar refractivity (Wildman–Crippen MR) is 128 cm³/mol. The van der Waals surface area contributed by atoms with Gasteiger partial charge in [0.25, 0.3) is 0 Å². The minimum absolute atomic E-state index is 0.170. The van der Waals surface area contributed by atoms with Crippen molar-refractivity contribution in [3.63, 3.8) is 0 Å². The second-order valence-electron chi connectivity index (χ2n) is 7.69. The molecule has 9 nitrogen and oxygen atoms in total. The number of carbonyl (C=O) groups is 1. The van der Waals surface area contributed by atoms with Crippen LogP contribution in [0.5, 0.6) is 5.75 Å². The number of ether oxygens (including phenoxy) is 1. The van der Waals surface area contributed by atoms with Crippen molar-refractivity contribution < 1.29 is 22.5 Å². The van der Waals surface area contributed by atoms with Crippen molar-refractivity contribution in [3.8, 4) is 17.1 Å². The molecule has 10 heteroatoms. The Kier molecular flexibility index (Phi) is 8.41. The molecule has 182 valence electrons. The number of hydrogen-bond donors (Lipinski definition) is 1. The van der Waals surface area contributed by atoms with Gasteiger partial charge in [0, 0.05) is 31.5 Å². The molecule has 0 saturated heterocycles. The molecule has 3 rings (SSSR count). The number of methoxy groups -OCH3 is 1. The Labute approximate surface area is 200 Å². The van der Waals surface area contributed by atoms with Crippen LogP contribution in [0.2, 0.25) is 0 Å². The van der Waals surface area contributed by atoms with Crippen LogP contribution in [0.15, 0.2) is 57.9 Å². The average molecular weight is 487 g/mol. The fraction of sp³-hybridized carbons (Fsp3) is 0.375. The van der Waals surface area contributed by atoms with Crippen LogP contribution >= 0.6 is 0 Å². The lowest BCUT2D eigenvalue weighted by Gasteiger charge is -2.19. The van der Waals surface area contributed by atoms with Gasteiger partial charge < -0.3 is 14.6 Å². The molecule has 0 saturated carbocycles. The first-order valence-electron chi connectivity index (χ1n) is 11.1. The molecule has 0 fully saturated rings. The maximum atomic E-state index is 12.6. The Balaban J connectivity index is 1.54. The molecule has 34 heavy (non-hydrogen) atoms. The first-order valence-corrected chi connectivity index (χ1v) is 12.6. The Hall–Kier alpha value is -3.24. The lowest BCUT2D eigenvalue weighted by molar-refractivity contribution is -0.121. The third-order valence-electron chi connectivity index (χ3n) is 5.48. The van der Waals surface area contributed by atoms with Crippen molar-refractivity contribution in [3.05, 3.63) is 60.0 Å². The summed E-state index contributed by atoms with van der Waals surface area (Å²) in [6.07, 6.45) is 0.492. The summed E-state index contributed by atoms with van der Waals surface area (Å²) in [5, 5.41) is 6.89. The van der Waals surface area contributed by atoms with E-state index in [-0.39, 0.29) is 23.3 Å². The molecule has 1 aromatic heterocycles. The number of amides is 1. The fourth-order valence-electron chi connectivity index (χ4n) is 3.47. The highest BCUT2D eigenvalue weighted by atomic mass is 32.2. The molecule has 1 unspecified atom stereocenters. The maximum absolute atomic E-state index is 12.6. The van der Waals surface area contributed by atoms with E-state index in [9.17, 15) is 13.2 Å². The van der Waals surface area contributed by atoms with Crippen LogP contribution in [0.25, 0.3) is 11.4 Å². The van der Waals surface area contributed by atoms with Gasteiger partial charge in [0.15, 0.2) is 0 Å². The number of nitrogens with one attached hydrogen (secondary N) is 1. The summed E-state index contributed by atoms with van der Waals surface area (Å²) in [5.74, 6) is 1.39. The van der Waals surface area contributed by atoms with E-state index in [2.05, 4.69) is 15.5 Å². The van der Waals surface area contributed by atoms with E-state index in [0.29, 0.717) is 31.2 Å². The maximum Gasteiger partial charge on any atom is 0.243 e. The van der Waals surface area contributed by atoms with E-state index in [1.54, 1.807) is 45.2 Å². The number of carbonyl (C=O) groups excluding carboxylic acids is 1. The van der Waals surface area contributed by atoms with Gasteiger partial charge in [0.1, 0.15) is 5.75 Å². The van der Waals surface area contributed by atoms with Crippen molar-refractivity contribution in [2.24, 2.45) is 0 Å². The van der Waals surface area contributed by atoms with Crippen molar-refractivity contribution in [2.45, 2.75) is 44.6 Å². The number of hydrogen-bond acceptors (Lipinski definition) is 7. The zero-order valence-electron chi connectivity index (χ0n) is 19.8. The Morgan fingerprint density at radius 2 is 1.74 bits per heavy atom. The Bertz CT molecular complexity index is 1190. The summed E-state index contributed by atoms with van der Waals surface area (Å²) in [5.41, 5.74) is 1.60. The number of aromatic nitrogens is 2. The summed E-state index contributed by atoms with van der Waals surface area (Å²) in [6, 6.07) is 13.6. The van der Waals surface area contributed by atoms with E-state index < -0.39 is 10.0 Å². The van der Waals surface area contributed by atoms with Gasteiger partial charge in [-0.1, -0.05) is 31.1 Å². The van der Waals surface area contributed by atoms with Gasteiger partial charge in [0.2, 0.25) is 27.6 Å². The SMILES string of the molecule is CCN(CC)S(=O)(=O)c1ccc(C(C)NC(=O)CCc2nc(-c3ccc(OC)cc3)no2)cc1. The van der Waals surface area contributed by atoms with Crippen LogP contribution in [0, 0.1) is 0 Å². The van der Waals surface area contributed by atoms with Gasteiger partial charge in [-0.2, -0.15) is 9.29 Å². The molecular formula is C24H30N4O5S. The summed E-state index contributed by atoms with van der Waals surface area (Å²) >= 11 is 0. The second kappa shape index (κ2) is 11.3. The third kappa shape index (κ3) is 6.00. The summed E-state index contributed by atoms with van der Waals surface area (Å²) in [6.45, 7) is 6.28. The molecule has 1 amide bonds.